The van der Waals surface area contributed by atoms with Crippen LogP contribution in [0, 0.1) is 30.3 Å². The van der Waals surface area contributed by atoms with Crippen LogP contribution in [-0.2, 0) is 6.18 Å². The maximum absolute atomic E-state index is 12.5. The van der Waals surface area contributed by atoms with Crippen molar-refractivity contribution in [2.24, 2.45) is 0 Å². The SMILES string of the molecule is O=[N+]([O-])c1ccc(C(F)(F)F)c([N+](=O)[O-])c1[N+](=O)[O-]. The van der Waals surface area contributed by atoms with Gasteiger partial charge in [0.2, 0.25) is 0 Å². The summed E-state index contributed by atoms with van der Waals surface area (Å²) in [6, 6.07) is 0.261. The molecule has 1 aromatic carbocycles. The Labute approximate surface area is 100 Å². The van der Waals surface area contributed by atoms with Crippen molar-refractivity contribution in [1.29, 1.82) is 0 Å². The molecule has 102 valence electrons. The number of rotatable bonds is 3. The van der Waals surface area contributed by atoms with E-state index in [4.69, 9.17) is 0 Å². The van der Waals surface area contributed by atoms with Gasteiger partial charge in [0.15, 0.2) is 0 Å². The molecule has 0 unspecified atom stereocenters. The van der Waals surface area contributed by atoms with Gasteiger partial charge in [-0.15, -0.1) is 0 Å². The molecule has 0 spiro atoms. The van der Waals surface area contributed by atoms with Crippen molar-refractivity contribution < 1.29 is 27.9 Å². The lowest BCUT2D eigenvalue weighted by Crippen LogP contribution is -2.12. The smallest absolute Gasteiger partial charge is 0.258 e. The summed E-state index contributed by atoms with van der Waals surface area (Å²) in [5.74, 6) is 0. The molecule has 0 N–H and O–H groups in total. The number of nitrogens with zero attached hydrogens (tertiary/aromatic N) is 3. The predicted octanol–water partition coefficient (Wildman–Crippen LogP) is 2.43. The van der Waals surface area contributed by atoms with Crippen LogP contribution >= 0.6 is 0 Å². The highest BCUT2D eigenvalue weighted by molar-refractivity contribution is 5.69. The quantitative estimate of drug-likeness (QED) is 0.617. The molecule has 0 fully saturated rings. The number of halogens is 3. The van der Waals surface area contributed by atoms with Gasteiger partial charge in [-0.3, -0.25) is 30.3 Å². The van der Waals surface area contributed by atoms with Gasteiger partial charge in [-0.05, 0) is 6.07 Å². The standard InChI is InChI=1S/C7H2F3N3O6/c8-7(9,10)3-1-2-4(11(14)15)6(13(18)19)5(3)12(16)17/h1-2H. The first-order chi connectivity index (χ1) is 8.57. The number of nitro benzene ring substituents is 3. The van der Waals surface area contributed by atoms with E-state index in [0.29, 0.717) is 0 Å². The summed E-state index contributed by atoms with van der Waals surface area (Å²) >= 11 is 0. The molecule has 9 nitrogen and oxygen atoms in total. The topological polar surface area (TPSA) is 129 Å². The molecule has 0 saturated carbocycles. The molecular formula is C7H2F3N3O6. The lowest BCUT2D eigenvalue weighted by Gasteiger charge is -2.07. The second-order valence-corrected chi connectivity index (χ2v) is 3.10. The summed E-state index contributed by atoms with van der Waals surface area (Å²) in [7, 11) is 0. The zero-order valence-electron chi connectivity index (χ0n) is 8.58. The Bertz CT molecular complexity index is 584. The van der Waals surface area contributed by atoms with E-state index in [1.807, 2.05) is 0 Å². The van der Waals surface area contributed by atoms with Crippen LogP contribution in [0.5, 0.6) is 0 Å². The summed E-state index contributed by atoms with van der Waals surface area (Å²) in [5.41, 5.74) is -7.06. The average molecular weight is 281 g/mol. The minimum atomic E-state index is -5.25. The number of hydrogen-bond donors (Lipinski definition) is 0. The Morgan fingerprint density at radius 1 is 0.842 bits per heavy atom. The minimum absolute atomic E-state index is 0.0588. The van der Waals surface area contributed by atoms with Crippen molar-refractivity contribution >= 4 is 17.1 Å². The van der Waals surface area contributed by atoms with Crippen LogP contribution in [-0.4, -0.2) is 14.8 Å². The number of hydrogen-bond acceptors (Lipinski definition) is 6. The average Bonchev–Trinajstić information content (AvgIpc) is 2.25. The lowest BCUT2D eigenvalue weighted by molar-refractivity contribution is -0.442. The van der Waals surface area contributed by atoms with E-state index in [1.54, 1.807) is 0 Å². The third-order valence-electron chi connectivity index (χ3n) is 2.00. The van der Waals surface area contributed by atoms with Gasteiger partial charge in [0.1, 0.15) is 5.56 Å². The first kappa shape index (κ1) is 14.3. The molecule has 0 aliphatic carbocycles. The zero-order chi connectivity index (χ0) is 15.0. The van der Waals surface area contributed by atoms with Gasteiger partial charge in [-0.1, -0.05) is 0 Å². The van der Waals surface area contributed by atoms with Gasteiger partial charge in [0.05, 0.1) is 14.8 Å². The van der Waals surface area contributed by atoms with Gasteiger partial charge < -0.3 is 0 Å². The number of benzene rings is 1. The highest BCUT2D eigenvalue weighted by atomic mass is 19.4. The van der Waals surface area contributed by atoms with Crippen molar-refractivity contribution in [2.75, 3.05) is 0 Å². The fourth-order valence-corrected chi connectivity index (χ4v) is 1.31. The van der Waals surface area contributed by atoms with E-state index in [1.165, 1.54) is 0 Å². The van der Waals surface area contributed by atoms with Gasteiger partial charge in [-0.25, -0.2) is 0 Å². The fraction of sp³-hybridized carbons (Fsp3) is 0.143. The first-order valence-corrected chi connectivity index (χ1v) is 4.24. The highest BCUT2D eigenvalue weighted by Gasteiger charge is 2.47. The summed E-state index contributed by atoms with van der Waals surface area (Å²) in [5, 5.41) is 31.6. The molecule has 0 aromatic heterocycles. The van der Waals surface area contributed by atoms with Gasteiger partial charge in [0.25, 0.3) is 0 Å². The first-order valence-electron chi connectivity index (χ1n) is 4.24. The third kappa shape index (κ3) is 2.56. The van der Waals surface area contributed by atoms with Crippen molar-refractivity contribution in [3.63, 3.8) is 0 Å². The molecule has 0 amide bonds. The molecule has 0 aliphatic rings. The van der Waals surface area contributed by atoms with Crippen molar-refractivity contribution in [3.05, 3.63) is 48.0 Å². The molecule has 12 heteroatoms. The normalized spacial score (nSPS) is 11.1. The molecular weight excluding hydrogens is 279 g/mol. The molecule has 1 aromatic rings. The minimum Gasteiger partial charge on any atom is -0.258 e. The number of nitro groups is 3. The van der Waals surface area contributed by atoms with Crippen molar-refractivity contribution in [3.8, 4) is 0 Å². The van der Waals surface area contributed by atoms with E-state index in [9.17, 15) is 43.5 Å². The molecule has 0 saturated heterocycles. The summed E-state index contributed by atoms with van der Waals surface area (Å²) in [6.07, 6.45) is -5.25. The van der Waals surface area contributed by atoms with Gasteiger partial charge in [-0.2, -0.15) is 13.2 Å². The fourth-order valence-electron chi connectivity index (χ4n) is 1.31. The molecule has 0 bridgehead atoms. The Balaban J connectivity index is 3.85. The van der Waals surface area contributed by atoms with Crippen LogP contribution < -0.4 is 0 Å². The summed E-state index contributed by atoms with van der Waals surface area (Å²) < 4.78 is 37.5. The van der Waals surface area contributed by atoms with Crippen LogP contribution in [0.2, 0.25) is 0 Å². The Morgan fingerprint density at radius 3 is 1.63 bits per heavy atom. The Kier molecular flexibility index (Phi) is 3.36. The molecule has 19 heavy (non-hydrogen) atoms. The van der Waals surface area contributed by atoms with Crippen LogP contribution in [0.25, 0.3) is 0 Å². The van der Waals surface area contributed by atoms with Crippen LogP contribution in [0.1, 0.15) is 5.56 Å². The maximum Gasteiger partial charge on any atom is 0.423 e. The van der Waals surface area contributed by atoms with E-state index in [-0.39, 0.29) is 12.1 Å². The lowest BCUT2D eigenvalue weighted by atomic mass is 10.1. The van der Waals surface area contributed by atoms with Crippen LogP contribution in [0.15, 0.2) is 12.1 Å². The molecule has 0 atom stereocenters. The number of alkyl halides is 3. The van der Waals surface area contributed by atoms with E-state index in [2.05, 4.69) is 0 Å². The second-order valence-electron chi connectivity index (χ2n) is 3.10. The Morgan fingerprint density at radius 2 is 1.32 bits per heavy atom. The van der Waals surface area contributed by atoms with Crippen molar-refractivity contribution in [2.45, 2.75) is 6.18 Å². The van der Waals surface area contributed by atoms with E-state index < -0.39 is 43.6 Å². The molecule has 0 radical (unpaired) electrons. The molecule has 0 aliphatic heterocycles. The Hall–Kier alpha value is -2.79. The third-order valence-corrected chi connectivity index (χ3v) is 2.00. The monoisotopic (exact) mass is 281 g/mol. The van der Waals surface area contributed by atoms with Gasteiger partial charge in [0, 0.05) is 6.07 Å². The zero-order valence-corrected chi connectivity index (χ0v) is 8.58. The summed E-state index contributed by atoms with van der Waals surface area (Å²) in [4.78, 5) is 26.9. The predicted molar refractivity (Wildman–Crippen MR) is 51.4 cm³/mol. The largest absolute Gasteiger partial charge is 0.423 e. The summed E-state index contributed by atoms with van der Waals surface area (Å²) in [6.45, 7) is 0. The van der Waals surface area contributed by atoms with E-state index >= 15 is 0 Å². The van der Waals surface area contributed by atoms with Crippen LogP contribution in [0.3, 0.4) is 0 Å². The highest BCUT2D eigenvalue weighted by Crippen LogP contribution is 2.45. The molecule has 1 rings (SSSR count). The maximum atomic E-state index is 12.5. The van der Waals surface area contributed by atoms with Gasteiger partial charge >= 0.3 is 23.2 Å². The second kappa shape index (κ2) is 4.47. The van der Waals surface area contributed by atoms with Crippen molar-refractivity contribution in [1.82, 2.24) is 0 Å². The van der Waals surface area contributed by atoms with Crippen LogP contribution in [0.4, 0.5) is 30.2 Å². The van der Waals surface area contributed by atoms with E-state index in [0.717, 1.165) is 0 Å². The molecule has 0 heterocycles.